The monoisotopic (exact) mass is 408 g/mol. The third kappa shape index (κ3) is 3.55. The number of hydrogen-bond acceptors (Lipinski definition) is 8. The normalized spacial score (nSPS) is 27.4. The van der Waals surface area contributed by atoms with Crippen LogP contribution in [0.5, 0.6) is 0 Å². The van der Waals surface area contributed by atoms with E-state index >= 15 is 0 Å². The zero-order valence-electron chi connectivity index (χ0n) is 16.4. The lowest BCUT2D eigenvalue weighted by Gasteiger charge is -2.17. The van der Waals surface area contributed by atoms with Crippen molar-refractivity contribution in [3.05, 3.63) is 48.8 Å². The highest BCUT2D eigenvalue weighted by molar-refractivity contribution is 5.82. The largest absolute Gasteiger partial charge is 0.387 e. The maximum Gasteiger partial charge on any atom is 0.167 e. The van der Waals surface area contributed by atoms with Crippen molar-refractivity contribution in [2.75, 3.05) is 5.32 Å². The van der Waals surface area contributed by atoms with Gasteiger partial charge in [0, 0.05) is 12.2 Å². The van der Waals surface area contributed by atoms with E-state index in [0.29, 0.717) is 23.0 Å². The second-order valence-corrected chi connectivity index (χ2v) is 7.76. The van der Waals surface area contributed by atoms with Crippen molar-refractivity contribution in [2.24, 2.45) is 0 Å². The molecule has 5 rings (SSSR count). The molecule has 0 bridgehead atoms. The molecule has 4 heterocycles. The first-order valence-electron chi connectivity index (χ1n) is 10.3. The topological polar surface area (TPSA) is 118 Å². The van der Waals surface area contributed by atoms with Crippen molar-refractivity contribution >= 4 is 23.1 Å². The lowest BCUT2D eigenvalue weighted by Crippen LogP contribution is -2.30. The van der Waals surface area contributed by atoms with E-state index in [2.05, 4.69) is 25.3 Å². The fraction of sp³-hybridized carbons (Fsp3) is 0.429. The molecule has 156 valence electrons. The quantitative estimate of drug-likeness (QED) is 0.586. The van der Waals surface area contributed by atoms with Crippen molar-refractivity contribution in [3.8, 4) is 0 Å². The molecule has 30 heavy (non-hydrogen) atoms. The molecule has 1 saturated carbocycles. The van der Waals surface area contributed by atoms with E-state index in [0.717, 1.165) is 18.5 Å². The zero-order valence-corrected chi connectivity index (χ0v) is 16.4. The molecule has 3 aromatic heterocycles. The molecular weight excluding hydrogens is 384 g/mol. The highest BCUT2D eigenvalue weighted by Crippen LogP contribution is 2.33. The van der Waals surface area contributed by atoms with Crippen LogP contribution in [-0.4, -0.2) is 59.1 Å². The summed E-state index contributed by atoms with van der Waals surface area (Å²) < 4.78 is 7.61. The SMILES string of the molecule is O[C@@H]1[C@H](O)[C@@H](C=Cc2ccccn2)O[C@H]1n1cnc2c(NC3CCCC3)ncnc21. The molecule has 0 radical (unpaired) electrons. The Balaban J connectivity index is 1.39. The first kappa shape index (κ1) is 19.1. The molecule has 1 aliphatic carbocycles. The maximum absolute atomic E-state index is 10.6. The average molecular weight is 408 g/mol. The summed E-state index contributed by atoms with van der Waals surface area (Å²) in [5, 5.41) is 24.6. The highest BCUT2D eigenvalue weighted by atomic mass is 16.6. The van der Waals surface area contributed by atoms with Gasteiger partial charge in [-0.25, -0.2) is 15.0 Å². The number of nitrogens with zero attached hydrogens (tertiary/aromatic N) is 5. The number of pyridine rings is 1. The van der Waals surface area contributed by atoms with Crippen LogP contribution in [-0.2, 0) is 4.74 Å². The third-order valence-electron chi connectivity index (χ3n) is 5.75. The number of rotatable bonds is 5. The van der Waals surface area contributed by atoms with Gasteiger partial charge in [-0.2, -0.15) is 0 Å². The van der Waals surface area contributed by atoms with Crippen LogP contribution >= 0.6 is 0 Å². The Morgan fingerprint density at radius 1 is 1.07 bits per heavy atom. The van der Waals surface area contributed by atoms with Gasteiger partial charge in [0.1, 0.15) is 24.6 Å². The Morgan fingerprint density at radius 3 is 2.73 bits per heavy atom. The van der Waals surface area contributed by atoms with Crippen LogP contribution in [0.2, 0.25) is 0 Å². The maximum atomic E-state index is 10.6. The lowest BCUT2D eigenvalue weighted by molar-refractivity contribution is -0.0243. The summed E-state index contributed by atoms with van der Waals surface area (Å²) in [4.78, 5) is 17.4. The second-order valence-electron chi connectivity index (χ2n) is 7.76. The van der Waals surface area contributed by atoms with Gasteiger partial charge in [0.15, 0.2) is 23.2 Å². The Hall–Kier alpha value is -2.88. The molecule has 0 amide bonds. The van der Waals surface area contributed by atoms with Crippen LogP contribution in [0.25, 0.3) is 17.2 Å². The second kappa shape index (κ2) is 8.10. The number of aliphatic hydroxyl groups is 2. The third-order valence-corrected chi connectivity index (χ3v) is 5.75. The van der Waals surface area contributed by atoms with Crippen LogP contribution < -0.4 is 5.32 Å². The summed E-state index contributed by atoms with van der Waals surface area (Å²) in [6.07, 6.45) is 9.20. The van der Waals surface area contributed by atoms with E-state index in [-0.39, 0.29) is 0 Å². The van der Waals surface area contributed by atoms with E-state index in [1.807, 2.05) is 18.2 Å². The molecule has 2 aliphatic rings. The van der Waals surface area contributed by atoms with Crippen LogP contribution in [0.3, 0.4) is 0 Å². The number of ether oxygens (including phenoxy) is 1. The molecular formula is C21H24N6O3. The smallest absolute Gasteiger partial charge is 0.167 e. The predicted octanol–water partition coefficient (Wildman–Crippen LogP) is 1.91. The Labute approximate surface area is 173 Å². The van der Waals surface area contributed by atoms with Gasteiger partial charge in [-0.1, -0.05) is 25.0 Å². The van der Waals surface area contributed by atoms with E-state index in [4.69, 9.17) is 4.74 Å². The van der Waals surface area contributed by atoms with Crippen molar-refractivity contribution < 1.29 is 14.9 Å². The molecule has 0 spiro atoms. The molecule has 0 aromatic carbocycles. The zero-order chi connectivity index (χ0) is 20.5. The van der Waals surface area contributed by atoms with Crippen molar-refractivity contribution in [3.63, 3.8) is 0 Å². The average Bonchev–Trinajstić information content (AvgIpc) is 3.49. The first-order chi connectivity index (χ1) is 14.7. The van der Waals surface area contributed by atoms with Gasteiger partial charge in [-0.15, -0.1) is 0 Å². The standard InChI is InChI=1S/C21H24N6O3/c28-17-15(9-8-13-5-3-4-10-22-13)30-21(18(17)29)27-12-25-16-19(23-11-24-20(16)27)26-14-6-1-2-7-14/h3-5,8-12,14-15,17-18,21,28-29H,1-2,6-7H2,(H,23,24,26)/t15-,17-,18-,21-/m1/s1. The van der Waals surface area contributed by atoms with Crippen molar-refractivity contribution in [1.82, 2.24) is 24.5 Å². The molecule has 9 heteroatoms. The number of aromatic nitrogens is 5. The summed E-state index contributed by atoms with van der Waals surface area (Å²) >= 11 is 0. The van der Waals surface area contributed by atoms with Gasteiger partial charge >= 0.3 is 0 Å². The molecule has 2 fully saturated rings. The van der Waals surface area contributed by atoms with Crippen LogP contribution in [0.1, 0.15) is 37.6 Å². The van der Waals surface area contributed by atoms with E-state index in [1.165, 1.54) is 19.2 Å². The summed E-state index contributed by atoms with van der Waals surface area (Å²) in [7, 11) is 0. The first-order valence-corrected chi connectivity index (χ1v) is 10.3. The number of anilines is 1. The molecule has 3 aromatic rings. The van der Waals surface area contributed by atoms with E-state index in [9.17, 15) is 10.2 Å². The van der Waals surface area contributed by atoms with E-state index in [1.54, 1.807) is 29.2 Å². The van der Waals surface area contributed by atoms with Crippen LogP contribution in [0.4, 0.5) is 5.82 Å². The summed E-state index contributed by atoms with van der Waals surface area (Å²) in [5.74, 6) is 0.685. The predicted molar refractivity (Wildman–Crippen MR) is 110 cm³/mol. The number of nitrogens with one attached hydrogen (secondary N) is 1. The minimum Gasteiger partial charge on any atom is -0.387 e. The molecule has 9 nitrogen and oxygen atoms in total. The molecule has 4 atom stereocenters. The van der Waals surface area contributed by atoms with E-state index < -0.39 is 24.5 Å². The van der Waals surface area contributed by atoms with Gasteiger partial charge in [0.2, 0.25) is 0 Å². The van der Waals surface area contributed by atoms with Gasteiger partial charge < -0.3 is 20.3 Å². The molecule has 1 aliphatic heterocycles. The van der Waals surface area contributed by atoms with Crippen LogP contribution in [0.15, 0.2) is 43.1 Å². The van der Waals surface area contributed by atoms with Crippen molar-refractivity contribution in [1.29, 1.82) is 0 Å². The summed E-state index contributed by atoms with van der Waals surface area (Å²) in [5.41, 5.74) is 1.92. The molecule has 0 unspecified atom stereocenters. The minimum absolute atomic E-state index is 0.393. The van der Waals surface area contributed by atoms with Gasteiger partial charge in [-0.05, 0) is 31.1 Å². The Bertz CT molecular complexity index is 1030. The number of fused-ring (bicyclic) bond motifs is 1. The Morgan fingerprint density at radius 2 is 1.93 bits per heavy atom. The summed E-state index contributed by atoms with van der Waals surface area (Å²) in [6, 6.07) is 5.96. The number of aliphatic hydroxyl groups excluding tert-OH is 2. The van der Waals surface area contributed by atoms with Crippen molar-refractivity contribution in [2.45, 2.75) is 56.3 Å². The number of imidazole rings is 1. The fourth-order valence-electron chi connectivity index (χ4n) is 4.15. The van der Waals surface area contributed by atoms with Gasteiger partial charge in [0.25, 0.3) is 0 Å². The minimum atomic E-state index is -1.12. The number of hydrogen-bond donors (Lipinski definition) is 3. The lowest BCUT2D eigenvalue weighted by atomic mass is 10.1. The van der Waals surface area contributed by atoms with Crippen LogP contribution in [0, 0.1) is 0 Å². The van der Waals surface area contributed by atoms with Gasteiger partial charge in [0.05, 0.1) is 12.0 Å². The van der Waals surface area contributed by atoms with Gasteiger partial charge in [-0.3, -0.25) is 9.55 Å². The Kier molecular flexibility index (Phi) is 5.16. The molecule has 1 saturated heterocycles. The summed E-state index contributed by atoms with van der Waals surface area (Å²) in [6.45, 7) is 0. The molecule has 3 N–H and O–H groups in total. The highest BCUT2D eigenvalue weighted by Gasteiger charge is 2.43. The fourth-order valence-corrected chi connectivity index (χ4v) is 4.15.